The van der Waals surface area contributed by atoms with Crippen molar-refractivity contribution in [3.8, 4) is 5.88 Å². The van der Waals surface area contributed by atoms with Gasteiger partial charge in [-0.25, -0.2) is 9.98 Å². The maximum atomic E-state index is 5.57. The molecule has 2 N–H and O–H groups in total. The molecule has 0 aliphatic heterocycles. The second-order valence-corrected chi connectivity index (χ2v) is 6.45. The van der Waals surface area contributed by atoms with Crippen LogP contribution in [0.1, 0.15) is 47.1 Å². The second kappa shape index (κ2) is 11.7. The van der Waals surface area contributed by atoms with Gasteiger partial charge in [0.1, 0.15) is 0 Å². The summed E-state index contributed by atoms with van der Waals surface area (Å²) >= 11 is 0. The zero-order valence-corrected chi connectivity index (χ0v) is 16.7. The summed E-state index contributed by atoms with van der Waals surface area (Å²) in [6.07, 6.45) is 1.74. The van der Waals surface area contributed by atoms with Crippen LogP contribution in [-0.2, 0) is 6.54 Å². The molecule has 1 aromatic rings. The molecule has 142 valence electrons. The van der Waals surface area contributed by atoms with Gasteiger partial charge in [0.2, 0.25) is 5.88 Å². The van der Waals surface area contributed by atoms with Gasteiger partial charge in [0.25, 0.3) is 0 Å². The van der Waals surface area contributed by atoms with Gasteiger partial charge in [-0.05, 0) is 47.6 Å². The standard InChI is InChI=1S/C19H35N5O/c1-7-20-19(22-12-13-24(15(3)4)16(5)6)23-14-17-10-9-11-21-18(17)25-8-2/h9-11,15-16H,7-8,12-14H2,1-6H3,(H2,20,22,23). The number of ether oxygens (including phenoxy) is 1. The molecular formula is C19H35N5O. The van der Waals surface area contributed by atoms with E-state index in [0.717, 1.165) is 31.2 Å². The van der Waals surface area contributed by atoms with Crippen molar-refractivity contribution in [2.24, 2.45) is 4.99 Å². The van der Waals surface area contributed by atoms with Gasteiger partial charge in [-0.1, -0.05) is 6.07 Å². The number of guanidine groups is 1. The molecule has 0 amide bonds. The Bertz CT molecular complexity index is 508. The average Bonchev–Trinajstić information content (AvgIpc) is 2.57. The molecule has 0 saturated carbocycles. The van der Waals surface area contributed by atoms with Crippen LogP contribution in [-0.4, -0.2) is 54.2 Å². The molecular weight excluding hydrogens is 314 g/mol. The van der Waals surface area contributed by atoms with Crippen LogP contribution in [0.2, 0.25) is 0 Å². The van der Waals surface area contributed by atoms with E-state index in [9.17, 15) is 0 Å². The third-order valence-electron chi connectivity index (χ3n) is 3.87. The number of rotatable bonds is 10. The average molecular weight is 350 g/mol. The number of hydrogen-bond donors (Lipinski definition) is 2. The molecule has 25 heavy (non-hydrogen) atoms. The number of nitrogens with zero attached hydrogens (tertiary/aromatic N) is 3. The van der Waals surface area contributed by atoms with Crippen LogP contribution in [0.5, 0.6) is 5.88 Å². The second-order valence-electron chi connectivity index (χ2n) is 6.45. The molecule has 0 spiro atoms. The van der Waals surface area contributed by atoms with Crippen molar-refractivity contribution in [3.63, 3.8) is 0 Å². The fourth-order valence-corrected chi connectivity index (χ4v) is 2.73. The highest BCUT2D eigenvalue weighted by molar-refractivity contribution is 5.79. The van der Waals surface area contributed by atoms with E-state index >= 15 is 0 Å². The molecule has 1 rings (SSSR count). The molecule has 0 unspecified atom stereocenters. The maximum absolute atomic E-state index is 5.57. The van der Waals surface area contributed by atoms with Crippen LogP contribution in [0, 0.1) is 0 Å². The fraction of sp³-hybridized carbons (Fsp3) is 0.684. The van der Waals surface area contributed by atoms with E-state index < -0.39 is 0 Å². The SMILES string of the molecule is CCNC(=NCc1cccnc1OCC)NCCN(C(C)C)C(C)C. The number of nitrogens with one attached hydrogen (secondary N) is 2. The van der Waals surface area contributed by atoms with Crippen LogP contribution in [0.4, 0.5) is 0 Å². The predicted molar refractivity (Wildman–Crippen MR) is 105 cm³/mol. The maximum Gasteiger partial charge on any atom is 0.218 e. The Morgan fingerprint density at radius 3 is 2.52 bits per heavy atom. The molecule has 0 aliphatic rings. The molecule has 6 heteroatoms. The van der Waals surface area contributed by atoms with Crippen molar-refractivity contribution in [3.05, 3.63) is 23.9 Å². The highest BCUT2D eigenvalue weighted by Crippen LogP contribution is 2.15. The minimum Gasteiger partial charge on any atom is -0.478 e. The first-order valence-electron chi connectivity index (χ1n) is 9.34. The van der Waals surface area contributed by atoms with Gasteiger partial charge in [0.15, 0.2) is 5.96 Å². The minimum atomic E-state index is 0.533. The molecule has 0 bridgehead atoms. The van der Waals surface area contributed by atoms with E-state index in [1.54, 1.807) is 6.20 Å². The van der Waals surface area contributed by atoms with Gasteiger partial charge in [0, 0.05) is 43.5 Å². The van der Waals surface area contributed by atoms with Crippen molar-refractivity contribution in [2.75, 3.05) is 26.2 Å². The third-order valence-corrected chi connectivity index (χ3v) is 3.87. The third kappa shape index (κ3) is 7.73. The van der Waals surface area contributed by atoms with Crippen LogP contribution >= 0.6 is 0 Å². The quantitative estimate of drug-likeness (QED) is 0.502. The highest BCUT2D eigenvalue weighted by atomic mass is 16.5. The first-order chi connectivity index (χ1) is 12.0. The number of hydrogen-bond acceptors (Lipinski definition) is 4. The zero-order chi connectivity index (χ0) is 18.7. The summed E-state index contributed by atoms with van der Waals surface area (Å²) in [5.74, 6) is 1.48. The first-order valence-corrected chi connectivity index (χ1v) is 9.34. The largest absolute Gasteiger partial charge is 0.478 e. The monoisotopic (exact) mass is 349 g/mol. The normalized spacial score (nSPS) is 12.1. The molecule has 1 aromatic heterocycles. The zero-order valence-electron chi connectivity index (χ0n) is 16.7. The van der Waals surface area contributed by atoms with Crippen molar-refractivity contribution < 1.29 is 4.74 Å². The summed E-state index contributed by atoms with van der Waals surface area (Å²) in [5.41, 5.74) is 0.993. The van der Waals surface area contributed by atoms with Gasteiger partial charge >= 0.3 is 0 Å². The Kier molecular flexibility index (Phi) is 9.92. The van der Waals surface area contributed by atoms with Gasteiger partial charge in [-0.15, -0.1) is 0 Å². The Morgan fingerprint density at radius 2 is 1.92 bits per heavy atom. The van der Waals surface area contributed by atoms with Crippen molar-refractivity contribution in [1.82, 2.24) is 20.5 Å². The van der Waals surface area contributed by atoms with E-state index in [-0.39, 0.29) is 0 Å². The highest BCUT2D eigenvalue weighted by Gasteiger charge is 2.12. The molecule has 0 aromatic carbocycles. The summed E-state index contributed by atoms with van der Waals surface area (Å²) in [7, 11) is 0. The Balaban J connectivity index is 2.65. The van der Waals surface area contributed by atoms with Gasteiger partial charge < -0.3 is 15.4 Å². The Morgan fingerprint density at radius 1 is 1.20 bits per heavy atom. The number of aliphatic imine (C=N–C) groups is 1. The van der Waals surface area contributed by atoms with Gasteiger partial charge in [-0.3, -0.25) is 4.90 Å². The van der Waals surface area contributed by atoms with E-state index in [0.29, 0.717) is 31.1 Å². The first kappa shape index (κ1) is 21.2. The van der Waals surface area contributed by atoms with Crippen molar-refractivity contribution >= 4 is 5.96 Å². The fourth-order valence-electron chi connectivity index (χ4n) is 2.73. The Labute approximate surface area is 153 Å². The summed E-state index contributed by atoms with van der Waals surface area (Å²) < 4.78 is 5.57. The lowest BCUT2D eigenvalue weighted by molar-refractivity contribution is 0.178. The molecule has 0 aliphatic carbocycles. The minimum absolute atomic E-state index is 0.533. The topological polar surface area (TPSA) is 61.8 Å². The van der Waals surface area contributed by atoms with E-state index in [2.05, 4.69) is 60.1 Å². The molecule has 1 heterocycles. The summed E-state index contributed by atoms with van der Waals surface area (Å²) in [6.45, 7) is 16.8. The van der Waals surface area contributed by atoms with Crippen molar-refractivity contribution in [2.45, 2.75) is 60.2 Å². The lowest BCUT2D eigenvalue weighted by Gasteiger charge is -2.30. The van der Waals surface area contributed by atoms with E-state index in [4.69, 9.17) is 4.74 Å². The van der Waals surface area contributed by atoms with Crippen molar-refractivity contribution in [1.29, 1.82) is 0 Å². The summed E-state index contributed by atoms with van der Waals surface area (Å²) in [5, 5.41) is 6.71. The smallest absolute Gasteiger partial charge is 0.218 e. The molecule has 0 fully saturated rings. The predicted octanol–water partition coefficient (Wildman–Crippen LogP) is 2.65. The molecule has 0 radical (unpaired) electrons. The van der Waals surface area contributed by atoms with Gasteiger partial charge in [0.05, 0.1) is 13.2 Å². The van der Waals surface area contributed by atoms with Crippen LogP contribution < -0.4 is 15.4 Å². The van der Waals surface area contributed by atoms with Crippen LogP contribution in [0.3, 0.4) is 0 Å². The lowest BCUT2D eigenvalue weighted by atomic mass is 10.2. The number of aromatic nitrogens is 1. The van der Waals surface area contributed by atoms with E-state index in [1.165, 1.54) is 0 Å². The molecule has 6 nitrogen and oxygen atoms in total. The molecule has 0 atom stereocenters. The van der Waals surface area contributed by atoms with Crippen LogP contribution in [0.25, 0.3) is 0 Å². The summed E-state index contributed by atoms with van der Waals surface area (Å²) in [6, 6.07) is 4.98. The lowest BCUT2D eigenvalue weighted by Crippen LogP contribution is -2.45. The van der Waals surface area contributed by atoms with E-state index in [1.807, 2.05) is 19.1 Å². The van der Waals surface area contributed by atoms with Gasteiger partial charge in [-0.2, -0.15) is 0 Å². The number of pyridine rings is 1. The summed E-state index contributed by atoms with van der Waals surface area (Å²) in [4.78, 5) is 11.4. The van der Waals surface area contributed by atoms with Crippen LogP contribution in [0.15, 0.2) is 23.3 Å². The molecule has 0 saturated heterocycles. The Hall–Kier alpha value is -1.82.